The standard InChI is InChI=1S/C23H23ClN4O6S.K.H/c1-14-17-12-19(24)21(34-23(30)28(2)3)13-20(17)33-22(29)18(14)11-15-6-4-7-16(10-15)27-35(31,32)26-9-5-8-25;;/h4,6-7,10,12-13,26-27H,5,9,11H2,1-3H3;;/q;+1;-1. The van der Waals surface area contributed by atoms with Crippen LogP contribution in [0.25, 0.3) is 11.0 Å². The normalized spacial score (nSPS) is 10.9. The average Bonchev–Trinajstić information content (AvgIpc) is 2.78. The van der Waals surface area contributed by atoms with Crippen LogP contribution in [0.1, 0.15) is 24.5 Å². The predicted molar refractivity (Wildman–Crippen MR) is 133 cm³/mol. The molecule has 0 aliphatic rings. The molecule has 0 spiro atoms. The number of halogens is 1. The molecule has 0 saturated heterocycles. The Morgan fingerprint density at radius 1 is 1.28 bits per heavy atom. The summed E-state index contributed by atoms with van der Waals surface area (Å²) in [7, 11) is -0.796. The van der Waals surface area contributed by atoms with Gasteiger partial charge in [0.1, 0.15) is 5.58 Å². The quantitative estimate of drug-likeness (QED) is 0.235. The van der Waals surface area contributed by atoms with Crippen LogP contribution in [0, 0.1) is 18.3 Å². The Kier molecular flexibility index (Phi) is 11.0. The molecule has 2 aromatic carbocycles. The molecule has 0 aliphatic heterocycles. The van der Waals surface area contributed by atoms with Gasteiger partial charge in [-0.1, -0.05) is 23.7 Å². The SMILES string of the molecule is Cc1c(Cc2cccc(NS(=O)(=O)NCCC#N)c2)c(=O)oc2cc(OC(=O)N(C)C)c(Cl)cc12.[H-].[K+]. The molecule has 0 saturated carbocycles. The second-order valence-electron chi connectivity index (χ2n) is 7.82. The second-order valence-corrected chi connectivity index (χ2v) is 9.73. The summed E-state index contributed by atoms with van der Waals surface area (Å²) in [5.41, 5.74) is 1.61. The number of hydrogen-bond donors (Lipinski definition) is 2. The van der Waals surface area contributed by atoms with Gasteiger partial charge in [-0.3, -0.25) is 4.72 Å². The number of carbonyl (C=O) groups is 1. The molecule has 0 aliphatic carbocycles. The number of hydrogen-bond acceptors (Lipinski definition) is 7. The molecule has 10 nitrogen and oxygen atoms in total. The average molecular weight is 559 g/mol. The number of rotatable bonds is 8. The molecule has 0 unspecified atom stereocenters. The molecule has 1 heterocycles. The van der Waals surface area contributed by atoms with Crippen molar-refractivity contribution in [3.8, 4) is 11.8 Å². The number of nitrogens with zero attached hydrogens (tertiary/aromatic N) is 2. The number of amides is 1. The molecule has 0 fully saturated rings. The van der Waals surface area contributed by atoms with Gasteiger partial charge in [-0.15, -0.1) is 0 Å². The Morgan fingerprint density at radius 3 is 2.67 bits per heavy atom. The van der Waals surface area contributed by atoms with E-state index in [1.54, 1.807) is 37.3 Å². The fraction of sp³-hybridized carbons (Fsp3) is 0.261. The first-order chi connectivity index (χ1) is 16.5. The van der Waals surface area contributed by atoms with Gasteiger partial charge in [0, 0.05) is 50.5 Å². The number of aryl methyl sites for hydroxylation is 1. The molecule has 3 rings (SSSR count). The van der Waals surface area contributed by atoms with Gasteiger partial charge >= 0.3 is 63.1 Å². The van der Waals surface area contributed by atoms with E-state index in [-0.39, 0.29) is 88.6 Å². The summed E-state index contributed by atoms with van der Waals surface area (Å²) in [6.07, 6.45) is -0.407. The molecule has 36 heavy (non-hydrogen) atoms. The van der Waals surface area contributed by atoms with Crippen LogP contribution < -0.4 is 71.2 Å². The molecule has 1 amide bonds. The molecule has 0 radical (unpaired) electrons. The summed E-state index contributed by atoms with van der Waals surface area (Å²) < 4.78 is 39.6. The van der Waals surface area contributed by atoms with Crippen LogP contribution in [0.15, 0.2) is 45.6 Å². The molecule has 3 aromatic rings. The van der Waals surface area contributed by atoms with E-state index in [4.69, 9.17) is 26.0 Å². The van der Waals surface area contributed by atoms with E-state index in [2.05, 4.69) is 9.44 Å². The number of benzene rings is 2. The topological polar surface area (TPSA) is 142 Å². The first-order valence-electron chi connectivity index (χ1n) is 10.4. The zero-order chi connectivity index (χ0) is 25.8. The zero-order valence-electron chi connectivity index (χ0n) is 21.2. The minimum atomic E-state index is -3.85. The molecular weight excluding hydrogens is 535 g/mol. The summed E-state index contributed by atoms with van der Waals surface area (Å²) in [6, 6.07) is 11.4. The molecular formula is C23H24ClKN4O6S. The van der Waals surface area contributed by atoms with Crippen LogP contribution in [0.3, 0.4) is 0 Å². The van der Waals surface area contributed by atoms with Crippen molar-refractivity contribution in [1.82, 2.24) is 9.62 Å². The number of anilines is 1. The van der Waals surface area contributed by atoms with E-state index < -0.39 is 21.9 Å². The van der Waals surface area contributed by atoms with Crippen LogP contribution in [0.4, 0.5) is 10.5 Å². The third-order valence-electron chi connectivity index (χ3n) is 4.99. The summed E-state index contributed by atoms with van der Waals surface area (Å²) >= 11 is 6.30. The van der Waals surface area contributed by atoms with Crippen LogP contribution in [-0.4, -0.2) is 40.1 Å². The van der Waals surface area contributed by atoms with Gasteiger partial charge in [0.25, 0.3) is 10.2 Å². The molecule has 0 atom stereocenters. The zero-order valence-corrected chi connectivity index (χ0v) is 24.9. The van der Waals surface area contributed by atoms with E-state index in [0.29, 0.717) is 27.8 Å². The van der Waals surface area contributed by atoms with Gasteiger partial charge in [0.05, 0.1) is 16.8 Å². The largest absolute Gasteiger partial charge is 1.00 e. The van der Waals surface area contributed by atoms with Crippen molar-refractivity contribution in [2.75, 3.05) is 25.4 Å². The first-order valence-corrected chi connectivity index (χ1v) is 12.2. The van der Waals surface area contributed by atoms with Crippen molar-refractivity contribution >= 4 is 44.6 Å². The van der Waals surface area contributed by atoms with Crippen molar-refractivity contribution in [2.24, 2.45) is 0 Å². The Balaban J connectivity index is 0.00000342. The van der Waals surface area contributed by atoms with E-state index in [1.807, 2.05) is 6.07 Å². The first kappa shape index (κ1) is 30.3. The van der Waals surface area contributed by atoms with Crippen LogP contribution in [0.2, 0.25) is 5.02 Å². The fourth-order valence-corrected chi connectivity index (χ4v) is 4.32. The van der Waals surface area contributed by atoms with Gasteiger partial charge in [-0.25, -0.2) is 9.59 Å². The maximum absolute atomic E-state index is 12.8. The Bertz CT molecular complexity index is 1490. The fourth-order valence-electron chi connectivity index (χ4n) is 3.24. The maximum Gasteiger partial charge on any atom is 1.00 e. The van der Waals surface area contributed by atoms with Gasteiger partial charge in [0.15, 0.2) is 5.75 Å². The van der Waals surface area contributed by atoms with Crippen molar-refractivity contribution in [2.45, 2.75) is 19.8 Å². The number of ether oxygens (including phenoxy) is 1. The smallest absolute Gasteiger partial charge is 1.00 e. The van der Waals surface area contributed by atoms with E-state index >= 15 is 0 Å². The third-order valence-corrected chi connectivity index (χ3v) is 6.38. The third kappa shape index (κ3) is 7.77. The predicted octanol–water partition coefficient (Wildman–Crippen LogP) is 0.683. The molecule has 186 valence electrons. The van der Waals surface area contributed by atoms with Crippen molar-refractivity contribution in [1.29, 1.82) is 5.26 Å². The molecule has 2 N–H and O–H groups in total. The van der Waals surface area contributed by atoms with Crippen molar-refractivity contribution in [3.05, 3.63) is 68.5 Å². The summed E-state index contributed by atoms with van der Waals surface area (Å²) in [5.74, 6) is 0.0662. The number of fused-ring (bicyclic) bond motifs is 1. The Morgan fingerprint density at radius 2 is 2.00 bits per heavy atom. The van der Waals surface area contributed by atoms with E-state index in [1.165, 1.54) is 25.1 Å². The van der Waals surface area contributed by atoms with Gasteiger partial charge in [-0.2, -0.15) is 18.4 Å². The monoisotopic (exact) mass is 558 g/mol. The molecule has 13 heteroatoms. The van der Waals surface area contributed by atoms with Gasteiger partial charge < -0.3 is 15.5 Å². The molecule has 1 aromatic heterocycles. The minimum Gasteiger partial charge on any atom is -1.00 e. The van der Waals surface area contributed by atoms with Crippen LogP contribution in [0.5, 0.6) is 5.75 Å². The van der Waals surface area contributed by atoms with Crippen molar-refractivity contribution in [3.63, 3.8) is 0 Å². The second kappa shape index (κ2) is 13.0. The summed E-state index contributed by atoms with van der Waals surface area (Å²) in [4.78, 5) is 25.9. The number of nitrogens with one attached hydrogen (secondary N) is 2. The van der Waals surface area contributed by atoms with Crippen LogP contribution in [-0.2, 0) is 16.6 Å². The molecule has 0 bridgehead atoms. The van der Waals surface area contributed by atoms with E-state index in [9.17, 15) is 18.0 Å². The van der Waals surface area contributed by atoms with Crippen LogP contribution >= 0.6 is 11.6 Å². The van der Waals surface area contributed by atoms with Crippen molar-refractivity contribution < 1.29 is 75.2 Å². The van der Waals surface area contributed by atoms with Gasteiger partial charge in [0.2, 0.25) is 0 Å². The Labute approximate surface area is 257 Å². The van der Waals surface area contributed by atoms with E-state index in [0.717, 1.165) is 0 Å². The number of carbonyl (C=O) groups excluding carboxylic acids is 1. The maximum atomic E-state index is 12.8. The minimum absolute atomic E-state index is 0. The summed E-state index contributed by atoms with van der Waals surface area (Å²) in [5, 5.41) is 9.31. The number of nitriles is 1. The Hall–Kier alpha value is -1.95. The summed E-state index contributed by atoms with van der Waals surface area (Å²) in [6.45, 7) is 1.74. The van der Waals surface area contributed by atoms with Gasteiger partial charge in [-0.05, 0) is 36.2 Å².